The molecular formula is C24H21N5O5S2. The Morgan fingerprint density at radius 3 is 2.64 bits per heavy atom. The molecule has 0 radical (unpaired) electrons. The summed E-state index contributed by atoms with van der Waals surface area (Å²) in [6.45, 7) is 3.91. The molecule has 184 valence electrons. The first-order valence-corrected chi connectivity index (χ1v) is 12.6. The fourth-order valence-electron chi connectivity index (χ4n) is 4.14. The van der Waals surface area contributed by atoms with Gasteiger partial charge in [0, 0.05) is 36.7 Å². The summed E-state index contributed by atoms with van der Waals surface area (Å²) >= 11 is 2.74. The molecule has 0 saturated heterocycles. The number of benzene rings is 2. The lowest BCUT2D eigenvalue weighted by molar-refractivity contribution is -0.384. The van der Waals surface area contributed by atoms with Crippen molar-refractivity contribution in [2.24, 2.45) is 5.10 Å². The molecule has 1 aromatic heterocycles. The Labute approximate surface area is 213 Å². The van der Waals surface area contributed by atoms with Gasteiger partial charge in [0.2, 0.25) is 0 Å². The van der Waals surface area contributed by atoms with Crippen molar-refractivity contribution in [1.82, 2.24) is 4.57 Å². The van der Waals surface area contributed by atoms with Crippen LogP contribution in [0, 0.1) is 10.1 Å². The van der Waals surface area contributed by atoms with Crippen molar-refractivity contribution in [1.29, 1.82) is 0 Å². The summed E-state index contributed by atoms with van der Waals surface area (Å²) in [5.74, 6) is 0.286. The van der Waals surface area contributed by atoms with Gasteiger partial charge in [-0.05, 0) is 32.0 Å². The van der Waals surface area contributed by atoms with E-state index in [0.29, 0.717) is 27.0 Å². The summed E-state index contributed by atoms with van der Waals surface area (Å²) < 4.78 is 7.95. The third kappa shape index (κ3) is 3.69. The molecule has 36 heavy (non-hydrogen) atoms. The molecule has 0 unspecified atom stereocenters. The Hall–Kier alpha value is -3.90. The van der Waals surface area contributed by atoms with Crippen molar-refractivity contribution >= 4 is 62.4 Å². The highest BCUT2D eigenvalue weighted by Gasteiger charge is 2.33. The van der Waals surface area contributed by atoms with Gasteiger partial charge in [-0.1, -0.05) is 17.8 Å². The lowest BCUT2D eigenvalue weighted by atomic mass is 10.2. The van der Waals surface area contributed by atoms with E-state index in [9.17, 15) is 19.7 Å². The molecule has 1 amide bonds. The van der Waals surface area contributed by atoms with Crippen molar-refractivity contribution < 1.29 is 14.5 Å². The number of amides is 1. The Morgan fingerprint density at radius 1 is 1.17 bits per heavy atom. The van der Waals surface area contributed by atoms with E-state index in [1.807, 2.05) is 37.1 Å². The molecule has 3 heterocycles. The largest absolute Gasteiger partial charge is 0.497 e. The summed E-state index contributed by atoms with van der Waals surface area (Å²) in [5, 5.41) is 17.5. The van der Waals surface area contributed by atoms with E-state index in [1.165, 1.54) is 41.3 Å². The molecule has 10 nitrogen and oxygen atoms in total. The minimum absolute atomic E-state index is 0.139. The molecule has 0 saturated carbocycles. The van der Waals surface area contributed by atoms with Crippen molar-refractivity contribution in [3.05, 3.63) is 72.1 Å². The van der Waals surface area contributed by atoms with Gasteiger partial charge >= 0.3 is 0 Å². The maximum absolute atomic E-state index is 13.5. The van der Waals surface area contributed by atoms with Crippen molar-refractivity contribution in [3.63, 3.8) is 0 Å². The summed E-state index contributed by atoms with van der Waals surface area (Å²) in [4.78, 5) is 40.6. The van der Waals surface area contributed by atoms with Crippen LogP contribution in [0.2, 0.25) is 0 Å². The monoisotopic (exact) mass is 523 g/mol. The first-order valence-electron chi connectivity index (χ1n) is 11.0. The zero-order chi connectivity index (χ0) is 25.7. The number of hydrogen-bond acceptors (Lipinski definition) is 9. The number of fused-ring (bicyclic) bond motifs is 1. The Kier molecular flexibility index (Phi) is 5.92. The highest BCUT2D eigenvalue weighted by atomic mass is 32.2. The van der Waals surface area contributed by atoms with Crippen LogP contribution in [0.15, 0.2) is 57.3 Å². The predicted molar refractivity (Wildman–Crippen MR) is 141 cm³/mol. The molecule has 2 aliphatic heterocycles. The number of aromatic nitrogens is 1. The van der Waals surface area contributed by atoms with E-state index in [0.717, 1.165) is 26.4 Å². The average molecular weight is 524 g/mol. The Morgan fingerprint density at radius 2 is 1.94 bits per heavy atom. The molecule has 2 aromatic carbocycles. The Balaban J connectivity index is 1.67. The maximum atomic E-state index is 13.5. The number of nitrogens with zero attached hydrogens (tertiary/aromatic N) is 5. The molecule has 0 aliphatic carbocycles. The lowest BCUT2D eigenvalue weighted by Gasteiger charge is -2.13. The predicted octanol–water partition coefficient (Wildman–Crippen LogP) is 2.73. The number of thiazole rings is 1. The van der Waals surface area contributed by atoms with Crippen LogP contribution in [0.1, 0.15) is 13.8 Å². The third-order valence-corrected chi connectivity index (χ3v) is 8.51. The molecule has 0 atom stereocenters. The average Bonchev–Trinajstić information content (AvgIpc) is 3.48. The number of carbonyl (C=O) groups is 1. The minimum atomic E-state index is -0.522. The molecular weight excluding hydrogens is 502 g/mol. The summed E-state index contributed by atoms with van der Waals surface area (Å²) in [6.07, 6.45) is 0. The number of methoxy groups -OCH3 is 1. The van der Waals surface area contributed by atoms with Crippen molar-refractivity contribution in [3.8, 4) is 5.75 Å². The highest BCUT2D eigenvalue weighted by molar-refractivity contribution is 8.08. The molecule has 0 bridgehead atoms. The number of non-ortho nitro benzene ring substituents is 1. The molecule has 12 heteroatoms. The van der Waals surface area contributed by atoms with E-state index in [1.54, 1.807) is 24.7 Å². The third-order valence-electron chi connectivity index (χ3n) is 5.95. The first-order chi connectivity index (χ1) is 17.2. The topological polar surface area (TPSA) is 110 Å². The van der Waals surface area contributed by atoms with Crippen LogP contribution in [0.4, 0.5) is 17.1 Å². The number of hydrazone groups is 1. The van der Waals surface area contributed by atoms with Crippen LogP contribution in [0.5, 0.6) is 5.75 Å². The van der Waals surface area contributed by atoms with Gasteiger partial charge in [0.1, 0.15) is 20.0 Å². The first kappa shape index (κ1) is 23.8. The summed E-state index contributed by atoms with van der Waals surface area (Å²) in [6, 6.07) is 11.5. The van der Waals surface area contributed by atoms with Gasteiger partial charge < -0.3 is 9.64 Å². The summed E-state index contributed by atoms with van der Waals surface area (Å²) in [7, 11) is 3.50. The van der Waals surface area contributed by atoms with Gasteiger partial charge in [-0.3, -0.25) is 24.3 Å². The molecule has 2 aliphatic rings. The lowest BCUT2D eigenvalue weighted by Crippen LogP contribution is -2.35. The SMILES string of the molecule is CCn1c(=O)/c(=C2/Sc3ccc(OC)cc3N2C)s/c1=C1/C(=O)N(c2cccc([N+](=O)[O-])c2)N=C1C. The van der Waals surface area contributed by atoms with Gasteiger partial charge in [0.15, 0.2) is 0 Å². The number of nitro groups is 1. The maximum Gasteiger partial charge on any atom is 0.283 e. The van der Waals surface area contributed by atoms with Crippen molar-refractivity contribution in [2.45, 2.75) is 25.3 Å². The number of ether oxygens (including phenoxy) is 1. The zero-order valence-corrected chi connectivity index (χ0v) is 21.5. The van der Waals surface area contributed by atoms with Gasteiger partial charge in [-0.25, -0.2) is 0 Å². The molecule has 0 spiro atoms. The molecule has 5 rings (SSSR count). The normalized spacial score (nSPS) is 18.0. The number of thioether (sulfide) groups is 1. The van der Waals surface area contributed by atoms with Gasteiger partial charge in [-0.15, -0.1) is 11.3 Å². The second-order valence-corrected chi connectivity index (χ2v) is 10.1. The smallest absolute Gasteiger partial charge is 0.283 e. The number of anilines is 2. The standard InChI is InChI=1S/C24H21N5O5S2/c1-5-27-22(31)20(24-26(3)17-12-16(34-4)9-10-18(17)35-24)36-23(27)19-13(2)25-28(21(19)30)14-7-6-8-15(11-14)29(32)33/h6-12H,5H2,1-4H3/b23-19+,24-20-. The van der Waals surface area contributed by atoms with E-state index in [2.05, 4.69) is 5.10 Å². The van der Waals surface area contributed by atoms with Gasteiger partial charge in [0.25, 0.3) is 17.2 Å². The van der Waals surface area contributed by atoms with Crippen LogP contribution in [-0.2, 0) is 11.3 Å². The quantitative estimate of drug-likeness (QED) is 0.382. The number of rotatable bonds is 4. The van der Waals surface area contributed by atoms with Gasteiger partial charge in [0.05, 0.1) is 34.7 Å². The van der Waals surface area contributed by atoms with E-state index >= 15 is 0 Å². The van der Waals surface area contributed by atoms with Gasteiger partial charge in [-0.2, -0.15) is 10.1 Å². The molecule has 0 N–H and O–H groups in total. The highest BCUT2D eigenvalue weighted by Crippen LogP contribution is 2.46. The second kappa shape index (κ2) is 8.95. The second-order valence-electron chi connectivity index (χ2n) is 8.04. The van der Waals surface area contributed by atoms with Crippen LogP contribution in [-0.4, -0.2) is 35.3 Å². The number of hydrogen-bond donors (Lipinski definition) is 0. The van der Waals surface area contributed by atoms with Crippen LogP contribution in [0.3, 0.4) is 0 Å². The van der Waals surface area contributed by atoms with Crippen LogP contribution >= 0.6 is 23.1 Å². The minimum Gasteiger partial charge on any atom is -0.497 e. The van der Waals surface area contributed by atoms with E-state index in [-0.39, 0.29) is 16.9 Å². The van der Waals surface area contributed by atoms with Crippen LogP contribution < -0.4 is 29.4 Å². The van der Waals surface area contributed by atoms with Crippen molar-refractivity contribution in [2.75, 3.05) is 24.1 Å². The van der Waals surface area contributed by atoms with E-state index in [4.69, 9.17) is 4.74 Å². The van der Waals surface area contributed by atoms with Crippen LogP contribution in [0.25, 0.3) is 10.6 Å². The molecule has 3 aromatic rings. The molecule has 0 fully saturated rings. The fourth-order valence-corrected chi connectivity index (χ4v) is 6.72. The number of carbonyl (C=O) groups excluding carboxylic acids is 1. The fraction of sp³-hybridized carbons (Fsp3) is 0.208. The number of nitro benzene ring substituents is 1. The zero-order valence-electron chi connectivity index (χ0n) is 19.8. The Bertz CT molecular complexity index is 1660. The van der Waals surface area contributed by atoms with E-state index < -0.39 is 10.8 Å². The summed E-state index contributed by atoms with van der Waals surface area (Å²) in [5.41, 5.74) is 1.64.